The van der Waals surface area contributed by atoms with Crippen LogP contribution in [0.1, 0.15) is 36.0 Å². The number of nitrogens with zero attached hydrogens (tertiary/aromatic N) is 2. The van der Waals surface area contributed by atoms with E-state index in [2.05, 4.69) is 15.6 Å². The summed E-state index contributed by atoms with van der Waals surface area (Å²) in [5.41, 5.74) is 4.91. The van der Waals surface area contributed by atoms with Crippen LogP contribution in [0.5, 0.6) is 0 Å². The summed E-state index contributed by atoms with van der Waals surface area (Å²) in [6, 6.07) is 13.6. The number of hydrazine groups is 1. The lowest BCUT2D eigenvalue weighted by Crippen LogP contribution is -2.50. The Hall–Kier alpha value is -3.88. The second-order valence-corrected chi connectivity index (χ2v) is 7.68. The Balaban J connectivity index is 1.27. The average molecular weight is 436 g/mol. The summed E-state index contributed by atoms with van der Waals surface area (Å²) in [4.78, 5) is 50.1. The Morgan fingerprint density at radius 1 is 0.906 bits per heavy atom. The van der Waals surface area contributed by atoms with E-state index < -0.39 is 18.5 Å². The summed E-state index contributed by atoms with van der Waals surface area (Å²) in [5, 5.41) is 3.86. The van der Waals surface area contributed by atoms with E-state index in [0.29, 0.717) is 11.4 Å². The fourth-order valence-electron chi connectivity index (χ4n) is 3.67. The van der Waals surface area contributed by atoms with Crippen LogP contribution in [-0.4, -0.2) is 43.4 Å². The van der Waals surface area contributed by atoms with Crippen molar-refractivity contribution in [2.45, 2.75) is 25.7 Å². The van der Waals surface area contributed by atoms with Crippen LogP contribution < -0.4 is 20.7 Å². The number of anilines is 3. The third-order valence-corrected chi connectivity index (χ3v) is 5.37. The van der Waals surface area contributed by atoms with E-state index >= 15 is 0 Å². The summed E-state index contributed by atoms with van der Waals surface area (Å²) in [6.45, 7) is 1.67. The predicted molar refractivity (Wildman–Crippen MR) is 118 cm³/mol. The van der Waals surface area contributed by atoms with E-state index in [0.717, 1.165) is 23.8 Å². The van der Waals surface area contributed by atoms with Gasteiger partial charge in [-0.3, -0.25) is 19.8 Å². The average Bonchev–Trinajstić information content (AvgIpc) is 3.35. The quantitative estimate of drug-likeness (QED) is 0.673. The minimum atomic E-state index is -0.662. The Kier molecular flexibility index (Phi) is 6.34. The number of nitrogens with one attached hydrogen (secondary N) is 2. The van der Waals surface area contributed by atoms with Crippen LogP contribution in [-0.2, 0) is 19.1 Å². The standard InChI is InChI=1S/C23H24N4O5/c28-20-11-12-22(30)27(25-20)19-7-3-16(4-8-19)23(31)32-15-21(29)24-17-5-9-18(10-6-17)26-13-1-2-14-26/h3-10H,1-2,11-15H2,(H,24,29)(H,25,28). The molecule has 2 aliphatic rings. The van der Waals surface area contributed by atoms with Crippen molar-refractivity contribution in [2.75, 3.05) is 34.9 Å². The number of benzene rings is 2. The van der Waals surface area contributed by atoms with Crippen molar-refractivity contribution in [2.24, 2.45) is 0 Å². The van der Waals surface area contributed by atoms with Gasteiger partial charge in [0.05, 0.1) is 11.3 Å². The minimum Gasteiger partial charge on any atom is -0.452 e. The maximum Gasteiger partial charge on any atom is 0.338 e. The van der Waals surface area contributed by atoms with Gasteiger partial charge in [-0.15, -0.1) is 0 Å². The number of hydrogen-bond acceptors (Lipinski definition) is 6. The molecule has 9 heteroatoms. The van der Waals surface area contributed by atoms with Gasteiger partial charge >= 0.3 is 5.97 Å². The first-order valence-corrected chi connectivity index (χ1v) is 10.5. The molecule has 0 aromatic heterocycles. The summed E-state index contributed by atoms with van der Waals surface area (Å²) in [5.74, 6) is -1.58. The molecule has 0 bridgehead atoms. The van der Waals surface area contributed by atoms with E-state index in [4.69, 9.17) is 4.74 Å². The second-order valence-electron chi connectivity index (χ2n) is 7.68. The minimum absolute atomic E-state index is 0.131. The van der Waals surface area contributed by atoms with E-state index in [9.17, 15) is 19.2 Å². The van der Waals surface area contributed by atoms with Crippen LogP contribution in [0.25, 0.3) is 0 Å². The largest absolute Gasteiger partial charge is 0.452 e. The molecule has 2 saturated heterocycles. The van der Waals surface area contributed by atoms with E-state index in [1.54, 1.807) is 0 Å². The normalized spacial score (nSPS) is 16.0. The topological polar surface area (TPSA) is 108 Å². The zero-order valence-corrected chi connectivity index (χ0v) is 17.5. The third-order valence-electron chi connectivity index (χ3n) is 5.37. The van der Waals surface area contributed by atoms with Crippen molar-refractivity contribution in [3.8, 4) is 0 Å². The molecule has 2 heterocycles. The fourth-order valence-corrected chi connectivity index (χ4v) is 3.67. The summed E-state index contributed by atoms with van der Waals surface area (Å²) < 4.78 is 5.08. The Morgan fingerprint density at radius 3 is 2.25 bits per heavy atom. The van der Waals surface area contributed by atoms with Crippen LogP contribution in [0.2, 0.25) is 0 Å². The van der Waals surface area contributed by atoms with Crippen LogP contribution in [0.15, 0.2) is 48.5 Å². The Morgan fingerprint density at radius 2 is 1.56 bits per heavy atom. The molecule has 32 heavy (non-hydrogen) atoms. The zero-order valence-electron chi connectivity index (χ0n) is 17.5. The molecule has 2 N–H and O–H groups in total. The first-order valence-electron chi connectivity index (χ1n) is 10.5. The highest BCUT2D eigenvalue weighted by atomic mass is 16.5. The highest BCUT2D eigenvalue weighted by Gasteiger charge is 2.24. The molecule has 166 valence electrons. The van der Waals surface area contributed by atoms with Crippen molar-refractivity contribution < 1.29 is 23.9 Å². The van der Waals surface area contributed by atoms with Crippen LogP contribution in [0, 0.1) is 0 Å². The van der Waals surface area contributed by atoms with Gasteiger partial charge in [0, 0.05) is 37.3 Å². The highest BCUT2D eigenvalue weighted by Crippen LogP contribution is 2.22. The van der Waals surface area contributed by atoms with Crippen molar-refractivity contribution >= 4 is 40.8 Å². The van der Waals surface area contributed by atoms with E-state index in [1.807, 2.05) is 24.3 Å². The second kappa shape index (κ2) is 9.51. The van der Waals surface area contributed by atoms with Gasteiger partial charge in [0.2, 0.25) is 11.8 Å². The molecule has 0 spiro atoms. The fraction of sp³-hybridized carbons (Fsp3) is 0.304. The van der Waals surface area contributed by atoms with Crippen LogP contribution in [0.4, 0.5) is 17.1 Å². The molecule has 3 amide bonds. The molecule has 0 atom stereocenters. The van der Waals surface area contributed by atoms with Gasteiger partial charge in [-0.25, -0.2) is 9.80 Å². The number of carbonyl (C=O) groups is 4. The van der Waals surface area contributed by atoms with Crippen molar-refractivity contribution in [3.05, 3.63) is 54.1 Å². The van der Waals surface area contributed by atoms with Gasteiger partial charge in [-0.2, -0.15) is 0 Å². The molecule has 2 fully saturated rings. The van der Waals surface area contributed by atoms with Gasteiger partial charge in [-0.05, 0) is 61.4 Å². The number of carbonyl (C=O) groups excluding carboxylic acids is 4. The number of rotatable bonds is 6. The molecule has 4 rings (SSSR count). The molecule has 0 radical (unpaired) electrons. The maximum absolute atomic E-state index is 12.2. The SMILES string of the molecule is O=C(COC(=O)c1ccc(N2NC(=O)CCC2=O)cc1)Nc1ccc(N2CCCC2)cc1. The lowest BCUT2D eigenvalue weighted by atomic mass is 10.2. The molecule has 0 saturated carbocycles. The first-order chi connectivity index (χ1) is 15.5. The van der Waals surface area contributed by atoms with Gasteiger partial charge in [0.15, 0.2) is 6.61 Å². The van der Waals surface area contributed by atoms with E-state index in [-0.39, 0.29) is 30.2 Å². The lowest BCUT2D eigenvalue weighted by molar-refractivity contribution is -0.130. The van der Waals surface area contributed by atoms with Crippen molar-refractivity contribution in [3.63, 3.8) is 0 Å². The van der Waals surface area contributed by atoms with Gasteiger partial charge in [0.25, 0.3) is 5.91 Å². The predicted octanol–water partition coefficient (Wildman–Crippen LogP) is 2.24. The van der Waals surface area contributed by atoms with Gasteiger partial charge in [-0.1, -0.05) is 0 Å². The molecule has 2 aromatic rings. The van der Waals surface area contributed by atoms with Crippen LogP contribution >= 0.6 is 0 Å². The molecular weight excluding hydrogens is 412 g/mol. The molecule has 0 unspecified atom stereocenters. The molecular formula is C23H24N4O5. The smallest absolute Gasteiger partial charge is 0.338 e. The first kappa shape index (κ1) is 21.4. The van der Waals surface area contributed by atoms with E-state index in [1.165, 1.54) is 37.1 Å². The number of hydrogen-bond donors (Lipinski definition) is 2. The molecule has 0 aliphatic carbocycles. The summed E-state index contributed by atoms with van der Waals surface area (Å²) in [7, 11) is 0. The van der Waals surface area contributed by atoms with Gasteiger partial charge in [0.1, 0.15) is 0 Å². The zero-order chi connectivity index (χ0) is 22.5. The third kappa shape index (κ3) is 5.05. The monoisotopic (exact) mass is 436 g/mol. The Labute approximate surface area is 185 Å². The molecule has 2 aliphatic heterocycles. The molecule has 9 nitrogen and oxygen atoms in total. The van der Waals surface area contributed by atoms with Crippen molar-refractivity contribution in [1.29, 1.82) is 0 Å². The summed E-state index contributed by atoms with van der Waals surface area (Å²) in [6.07, 6.45) is 2.68. The maximum atomic E-state index is 12.2. The number of amides is 3. The highest BCUT2D eigenvalue weighted by molar-refractivity contribution is 6.01. The molecule has 2 aromatic carbocycles. The Bertz CT molecular complexity index is 1010. The number of ether oxygens (including phenoxy) is 1. The lowest BCUT2D eigenvalue weighted by Gasteiger charge is -2.27. The van der Waals surface area contributed by atoms with Crippen LogP contribution in [0.3, 0.4) is 0 Å². The van der Waals surface area contributed by atoms with Gasteiger partial charge < -0.3 is 15.0 Å². The van der Waals surface area contributed by atoms with Crippen molar-refractivity contribution in [1.82, 2.24) is 5.43 Å². The number of esters is 1. The summed E-state index contributed by atoms with van der Waals surface area (Å²) >= 11 is 0.